The van der Waals surface area contributed by atoms with Gasteiger partial charge in [0.2, 0.25) is 0 Å². The molecule has 1 heteroatoms. The molecule has 0 saturated heterocycles. The predicted molar refractivity (Wildman–Crippen MR) is 107 cm³/mol. The molecule has 0 N–H and O–H groups in total. The van der Waals surface area contributed by atoms with Crippen molar-refractivity contribution >= 4 is 23.6 Å². The lowest BCUT2D eigenvalue weighted by molar-refractivity contribution is -0.418. The fourth-order valence-corrected chi connectivity index (χ4v) is 3.52. The first-order valence-corrected chi connectivity index (χ1v) is 8.73. The van der Waals surface area contributed by atoms with Gasteiger partial charge in [-0.15, -0.1) is 0 Å². The summed E-state index contributed by atoms with van der Waals surface area (Å²) in [6.07, 6.45) is 4.23. The Hall–Kier alpha value is -2.80. The fourth-order valence-electron chi connectivity index (χ4n) is 3.52. The third-order valence-corrected chi connectivity index (χ3v) is 4.94. The van der Waals surface area contributed by atoms with Crippen LogP contribution in [-0.4, -0.2) is 11.3 Å². The largest absolute Gasteiger partial charge is 0.243 e. The highest BCUT2D eigenvalue weighted by Gasteiger charge is 2.25. The minimum atomic E-state index is 0.158. The molecule has 1 heterocycles. The zero-order valence-corrected chi connectivity index (χ0v) is 15.1. The molecule has 0 spiro atoms. The highest BCUT2D eigenvalue weighted by atomic mass is 15.0. The van der Waals surface area contributed by atoms with Crippen LogP contribution in [0.25, 0.3) is 16.8 Å². The van der Waals surface area contributed by atoms with Gasteiger partial charge in [0.1, 0.15) is 6.20 Å². The van der Waals surface area contributed by atoms with Crippen LogP contribution in [0.3, 0.4) is 0 Å². The molecule has 1 aliphatic rings. The van der Waals surface area contributed by atoms with E-state index in [1.54, 1.807) is 0 Å². The molecule has 1 nitrogen and oxygen atoms in total. The van der Waals surface area contributed by atoms with Crippen molar-refractivity contribution in [1.29, 1.82) is 0 Å². The van der Waals surface area contributed by atoms with E-state index in [1.807, 2.05) is 10.6 Å². The van der Waals surface area contributed by atoms with E-state index in [0.29, 0.717) is 0 Å². The lowest BCUT2D eigenvalue weighted by Gasteiger charge is -2.26. The van der Waals surface area contributed by atoms with Crippen molar-refractivity contribution in [2.45, 2.75) is 26.2 Å². The Kier molecular flexibility index (Phi) is 3.54. The molecule has 0 aromatic heterocycles. The van der Waals surface area contributed by atoms with Gasteiger partial charge >= 0.3 is 0 Å². The molecule has 0 aliphatic carbocycles. The molecule has 0 atom stereocenters. The van der Waals surface area contributed by atoms with Gasteiger partial charge in [-0.05, 0) is 44.5 Å². The minimum absolute atomic E-state index is 0.158. The normalized spacial score (nSPS) is 14.0. The van der Waals surface area contributed by atoms with Crippen molar-refractivity contribution < 1.29 is 4.58 Å². The molecule has 1 aliphatic heterocycles. The Balaban J connectivity index is 1.92. The van der Waals surface area contributed by atoms with Crippen LogP contribution < -0.4 is 0 Å². The van der Waals surface area contributed by atoms with Crippen LogP contribution in [0.15, 0.2) is 66.9 Å². The number of benzene rings is 3. The summed E-state index contributed by atoms with van der Waals surface area (Å²) in [4.78, 5) is 0. The Morgan fingerprint density at radius 1 is 0.920 bits per heavy atom. The maximum absolute atomic E-state index is 4.19. The van der Waals surface area contributed by atoms with Crippen LogP contribution in [0.4, 0.5) is 0 Å². The van der Waals surface area contributed by atoms with E-state index in [1.165, 1.54) is 33.0 Å². The van der Waals surface area contributed by atoms with Crippen LogP contribution in [0.5, 0.6) is 0 Å². The smallest absolute Gasteiger partial charge is 0.159 e. The second kappa shape index (κ2) is 5.63. The molecule has 4 rings (SSSR count). The van der Waals surface area contributed by atoms with Gasteiger partial charge in [0.05, 0.1) is 6.72 Å². The maximum atomic E-state index is 4.19. The van der Waals surface area contributed by atoms with E-state index in [9.17, 15) is 0 Å². The maximum Gasteiger partial charge on any atom is 0.159 e. The van der Waals surface area contributed by atoms with Crippen molar-refractivity contribution in [2.24, 2.45) is 0 Å². The van der Waals surface area contributed by atoms with Crippen molar-refractivity contribution in [3.05, 3.63) is 95.2 Å². The van der Waals surface area contributed by atoms with Gasteiger partial charge in [-0.1, -0.05) is 81.4 Å². The summed E-state index contributed by atoms with van der Waals surface area (Å²) in [5, 5.41) is 2.59. The topological polar surface area (TPSA) is 3.01 Å². The number of rotatable bonds is 1. The van der Waals surface area contributed by atoms with E-state index < -0.39 is 0 Å². The zero-order valence-electron chi connectivity index (χ0n) is 15.1. The lowest BCUT2D eigenvalue weighted by atomic mass is 9.83. The SMILES string of the molecule is C=[N+]1C=Cc2c(ccc3cc(C(C)(C)C)ccc23)[C-]1c1ccccc1. The summed E-state index contributed by atoms with van der Waals surface area (Å²) < 4.78 is 1.97. The molecule has 25 heavy (non-hydrogen) atoms. The summed E-state index contributed by atoms with van der Waals surface area (Å²) in [6, 6.07) is 22.9. The van der Waals surface area contributed by atoms with Crippen LogP contribution in [0.1, 0.15) is 43.0 Å². The van der Waals surface area contributed by atoms with E-state index in [4.69, 9.17) is 0 Å². The first kappa shape index (κ1) is 15.7. The molecule has 0 unspecified atom stereocenters. The third-order valence-electron chi connectivity index (χ3n) is 4.94. The van der Waals surface area contributed by atoms with Gasteiger partial charge in [0.15, 0.2) is 6.04 Å². The van der Waals surface area contributed by atoms with Crippen molar-refractivity contribution in [1.82, 2.24) is 0 Å². The highest BCUT2D eigenvalue weighted by Crippen LogP contribution is 2.37. The minimum Gasteiger partial charge on any atom is -0.243 e. The second-order valence-corrected chi connectivity index (χ2v) is 7.71. The van der Waals surface area contributed by atoms with Gasteiger partial charge in [0, 0.05) is 0 Å². The molecule has 0 radical (unpaired) electrons. The number of hydrogen-bond donors (Lipinski definition) is 0. The summed E-state index contributed by atoms with van der Waals surface area (Å²) >= 11 is 0. The lowest BCUT2D eigenvalue weighted by Crippen LogP contribution is -2.19. The van der Waals surface area contributed by atoms with Crippen molar-refractivity contribution in [3.63, 3.8) is 0 Å². The quantitative estimate of drug-likeness (QED) is 0.395. The molecule has 0 fully saturated rings. The summed E-state index contributed by atoms with van der Waals surface area (Å²) in [5.74, 6) is 0. The number of nitrogens with zero attached hydrogens (tertiary/aromatic N) is 1. The van der Waals surface area contributed by atoms with Crippen molar-refractivity contribution in [2.75, 3.05) is 0 Å². The zero-order chi connectivity index (χ0) is 17.6. The third kappa shape index (κ3) is 2.66. The monoisotopic (exact) mass is 325 g/mol. The van der Waals surface area contributed by atoms with Gasteiger partial charge in [-0.25, -0.2) is 4.58 Å². The van der Waals surface area contributed by atoms with Crippen molar-refractivity contribution in [3.8, 4) is 0 Å². The predicted octanol–water partition coefficient (Wildman–Crippen LogP) is 5.76. The molecule has 3 aromatic carbocycles. The molecule has 0 amide bonds. The first-order chi connectivity index (χ1) is 11.9. The summed E-state index contributed by atoms with van der Waals surface area (Å²) in [7, 11) is 0. The first-order valence-electron chi connectivity index (χ1n) is 8.73. The van der Waals surface area contributed by atoms with Gasteiger partial charge < -0.3 is 0 Å². The fraction of sp³-hybridized carbons (Fsp3) is 0.167. The Bertz CT molecular complexity index is 988. The van der Waals surface area contributed by atoms with Gasteiger partial charge in [0.25, 0.3) is 0 Å². The summed E-state index contributed by atoms with van der Waals surface area (Å²) in [5.41, 5.74) is 5.22. The molecule has 0 bridgehead atoms. The van der Waals surface area contributed by atoms with Crippen LogP contribution in [0.2, 0.25) is 0 Å². The Labute approximate surface area is 149 Å². The number of hydrogen-bond acceptors (Lipinski definition) is 0. The van der Waals surface area contributed by atoms with Gasteiger partial charge in [-0.2, -0.15) is 0 Å². The number of fused-ring (bicyclic) bond motifs is 3. The van der Waals surface area contributed by atoms with Crippen LogP contribution in [0, 0.1) is 6.04 Å². The molecule has 3 aromatic rings. The Morgan fingerprint density at radius 3 is 2.40 bits per heavy atom. The van der Waals surface area contributed by atoms with E-state index in [2.05, 4.69) is 94.4 Å². The molecular formula is C24H23N. The van der Waals surface area contributed by atoms with Crippen LogP contribution in [-0.2, 0) is 5.41 Å². The standard InChI is InChI=1S/C24H23N/c1-24(2,3)19-11-13-20-18(16-19)10-12-22-21(20)14-15-25(4)23(22)17-8-6-5-7-9-17/h5-16H,4H2,1-3H3. The van der Waals surface area contributed by atoms with Crippen LogP contribution >= 0.6 is 0 Å². The average Bonchev–Trinajstić information content (AvgIpc) is 2.60. The van der Waals surface area contributed by atoms with E-state index >= 15 is 0 Å². The average molecular weight is 325 g/mol. The second-order valence-electron chi connectivity index (χ2n) is 7.71. The van der Waals surface area contributed by atoms with E-state index in [-0.39, 0.29) is 5.41 Å². The van der Waals surface area contributed by atoms with Gasteiger partial charge in [-0.3, -0.25) is 0 Å². The van der Waals surface area contributed by atoms with E-state index in [0.717, 1.165) is 6.04 Å². The highest BCUT2D eigenvalue weighted by molar-refractivity contribution is 5.93. The molecular weight excluding hydrogens is 302 g/mol. The summed E-state index contributed by atoms with van der Waals surface area (Å²) in [6.45, 7) is 11.0. The molecule has 0 saturated carbocycles. The Morgan fingerprint density at radius 2 is 1.68 bits per heavy atom. The molecule has 124 valence electrons.